The number of aromatic hydroxyl groups is 1. The summed E-state index contributed by atoms with van der Waals surface area (Å²) < 4.78 is 0. The van der Waals surface area contributed by atoms with Gasteiger partial charge in [-0.15, -0.1) is 0 Å². The molecule has 0 aliphatic carbocycles. The van der Waals surface area contributed by atoms with E-state index in [9.17, 15) is 9.90 Å². The van der Waals surface area contributed by atoms with Crippen LogP contribution < -0.4 is 0 Å². The smallest absolute Gasteiger partial charge is 0.257 e. The van der Waals surface area contributed by atoms with Crippen LogP contribution in [0.2, 0.25) is 0 Å². The van der Waals surface area contributed by atoms with Crippen LogP contribution in [0.15, 0.2) is 61.1 Å². The zero-order chi connectivity index (χ0) is 20.1. The molecule has 1 amide bonds. The summed E-state index contributed by atoms with van der Waals surface area (Å²) in [4.78, 5) is 28.0. The predicted octanol–water partition coefficient (Wildman–Crippen LogP) is 3.87. The van der Waals surface area contributed by atoms with Crippen LogP contribution in [0.4, 0.5) is 0 Å². The van der Waals surface area contributed by atoms with E-state index >= 15 is 0 Å². The monoisotopic (exact) mass is 388 g/mol. The lowest BCUT2D eigenvalue weighted by molar-refractivity contribution is 0.0601. The molecule has 0 bridgehead atoms. The molecular formula is C23H24N4O2. The fourth-order valence-corrected chi connectivity index (χ4v) is 3.80. The number of hydrogen-bond donors (Lipinski definition) is 1. The molecule has 29 heavy (non-hydrogen) atoms. The molecule has 1 fully saturated rings. The average molecular weight is 388 g/mol. The number of amides is 1. The third-order valence-corrected chi connectivity index (χ3v) is 5.38. The van der Waals surface area contributed by atoms with E-state index in [0.717, 1.165) is 38.6 Å². The number of nitrogens with zero attached hydrogens (tertiary/aromatic N) is 4. The molecule has 1 aromatic carbocycles. The second-order valence-electron chi connectivity index (χ2n) is 7.36. The minimum atomic E-state index is -0.00650. The SMILES string of the molecule is O=C(c1cnc(-c2ccccn2)nc1)N1CCCCC1CCc1ccc(O)cc1. The Morgan fingerprint density at radius 1 is 1.03 bits per heavy atom. The van der Waals surface area contributed by atoms with E-state index in [4.69, 9.17) is 0 Å². The van der Waals surface area contributed by atoms with Crippen molar-refractivity contribution in [1.29, 1.82) is 0 Å². The lowest BCUT2D eigenvalue weighted by Crippen LogP contribution is -2.44. The largest absolute Gasteiger partial charge is 0.508 e. The van der Waals surface area contributed by atoms with Crippen molar-refractivity contribution in [3.63, 3.8) is 0 Å². The van der Waals surface area contributed by atoms with Gasteiger partial charge in [-0.05, 0) is 61.9 Å². The Morgan fingerprint density at radius 3 is 2.55 bits per heavy atom. The maximum absolute atomic E-state index is 13.1. The van der Waals surface area contributed by atoms with Crippen LogP contribution in [0, 0.1) is 0 Å². The zero-order valence-electron chi connectivity index (χ0n) is 16.2. The summed E-state index contributed by atoms with van der Waals surface area (Å²) in [7, 11) is 0. The number of carbonyl (C=O) groups excluding carboxylic acids is 1. The second kappa shape index (κ2) is 8.82. The van der Waals surface area contributed by atoms with E-state index in [1.807, 2.05) is 35.2 Å². The molecule has 6 nitrogen and oxygen atoms in total. The molecule has 6 heteroatoms. The second-order valence-corrected chi connectivity index (χ2v) is 7.36. The number of phenols is 1. The fraction of sp³-hybridized carbons (Fsp3) is 0.304. The number of rotatable bonds is 5. The van der Waals surface area contributed by atoms with E-state index < -0.39 is 0 Å². The van der Waals surface area contributed by atoms with Gasteiger partial charge >= 0.3 is 0 Å². The lowest BCUT2D eigenvalue weighted by atomic mass is 9.95. The number of carbonyl (C=O) groups is 1. The van der Waals surface area contributed by atoms with Crippen LogP contribution in [0.5, 0.6) is 5.75 Å². The number of benzene rings is 1. The lowest BCUT2D eigenvalue weighted by Gasteiger charge is -2.36. The Morgan fingerprint density at radius 2 is 1.83 bits per heavy atom. The summed E-state index contributed by atoms with van der Waals surface area (Å²) in [6, 6.07) is 13.1. The molecule has 148 valence electrons. The van der Waals surface area contributed by atoms with Gasteiger partial charge in [0.15, 0.2) is 5.82 Å². The fourth-order valence-electron chi connectivity index (χ4n) is 3.80. The Labute approximate surface area is 170 Å². The van der Waals surface area contributed by atoms with Gasteiger partial charge < -0.3 is 10.0 Å². The quantitative estimate of drug-likeness (QED) is 0.718. The van der Waals surface area contributed by atoms with E-state index in [-0.39, 0.29) is 17.7 Å². The van der Waals surface area contributed by atoms with E-state index in [1.54, 1.807) is 30.7 Å². The third-order valence-electron chi connectivity index (χ3n) is 5.38. The molecule has 1 saturated heterocycles. The van der Waals surface area contributed by atoms with Crippen LogP contribution in [-0.4, -0.2) is 43.5 Å². The maximum Gasteiger partial charge on any atom is 0.257 e. The molecule has 0 saturated carbocycles. The van der Waals surface area contributed by atoms with Crippen molar-refractivity contribution in [2.45, 2.75) is 38.1 Å². The van der Waals surface area contributed by atoms with Crippen molar-refractivity contribution < 1.29 is 9.90 Å². The molecule has 1 unspecified atom stereocenters. The summed E-state index contributed by atoms with van der Waals surface area (Å²) in [5.41, 5.74) is 2.38. The van der Waals surface area contributed by atoms with Gasteiger partial charge in [0.05, 0.1) is 5.56 Å². The van der Waals surface area contributed by atoms with Gasteiger partial charge in [0.25, 0.3) is 5.91 Å². The first-order valence-corrected chi connectivity index (χ1v) is 10.0. The van der Waals surface area contributed by atoms with Crippen LogP contribution in [0.25, 0.3) is 11.5 Å². The van der Waals surface area contributed by atoms with Crippen molar-refractivity contribution in [2.75, 3.05) is 6.54 Å². The van der Waals surface area contributed by atoms with Gasteiger partial charge in [0.2, 0.25) is 0 Å². The van der Waals surface area contributed by atoms with E-state index in [0.29, 0.717) is 17.1 Å². The normalized spacial score (nSPS) is 16.6. The van der Waals surface area contributed by atoms with Crippen molar-refractivity contribution in [2.24, 2.45) is 0 Å². The highest BCUT2D eigenvalue weighted by Crippen LogP contribution is 2.24. The maximum atomic E-state index is 13.1. The predicted molar refractivity (Wildman–Crippen MR) is 110 cm³/mol. The van der Waals surface area contributed by atoms with Crippen LogP contribution in [0.3, 0.4) is 0 Å². The van der Waals surface area contributed by atoms with Gasteiger partial charge in [-0.2, -0.15) is 0 Å². The molecule has 1 aliphatic rings. The van der Waals surface area contributed by atoms with Gasteiger partial charge in [0.1, 0.15) is 11.4 Å². The van der Waals surface area contributed by atoms with Gasteiger partial charge in [-0.1, -0.05) is 18.2 Å². The molecule has 3 heterocycles. The van der Waals surface area contributed by atoms with Gasteiger partial charge in [-0.25, -0.2) is 9.97 Å². The van der Waals surface area contributed by atoms with Crippen molar-refractivity contribution >= 4 is 5.91 Å². The minimum Gasteiger partial charge on any atom is -0.508 e. The third kappa shape index (κ3) is 4.59. The molecule has 1 N–H and O–H groups in total. The minimum absolute atomic E-state index is 0.00650. The Balaban J connectivity index is 1.44. The van der Waals surface area contributed by atoms with E-state index in [1.165, 1.54) is 5.56 Å². The molecular weight excluding hydrogens is 364 g/mol. The Kier molecular flexibility index (Phi) is 5.79. The number of piperidine rings is 1. The van der Waals surface area contributed by atoms with Crippen LogP contribution in [0.1, 0.15) is 41.6 Å². The topological polar surface area (TPSA) is 79.2 Å². The van der Waals surface area contributed by atoms with Crippen molar-refractivity contribution in [1.82, 2.24) is 19.9 Å². The molecule has 3 aromatic rings. The molecule has 0 spiro atoms. The average Bonchev–Trinajstić information content (AvgIpc) is 2.79. The zero-order valence-corrected chi connectivity index (χ0v) is 16.2. The number of hydrogen-bond acceptors (Lipinski definition) is 5. The Hall–Kier alpha value is -3.28. The summed E-state index contributed by atoms with van der Waals surface area (Å²) in [5.74, 6) is 0.787. The molecule has 1 aliphatic heterocycles. The summed E-state index contributed by atoms with van der Waals surface area (Å²) >= 11 is 0. The number of phenolic OH excluding ortho intramolecular Hbond substituents is 1. The molecule has 2 aromatic heterocycles. The summed E-state index contributed by atoms with van der Waals surface area (Å²) in [6.45, 7) is 0.765. The number of aromatic nitrogens is 3. The van der Waals surface area contributed by atoms with Gasteiger partial charge in [0, 0.05) is 31.2 Å². The van der Waals surface area contributed by atoms with Crippen LogP contribution >= 0.6 is 0 Å². The number of aryl methyl sites for hydroxylation is 1. The highest BCUT2D eigenvalue weighted by Gasteiger charge is 2.27. The van der Waals surface area contributed by atoms with Gasteiger partial charge in [-0.3, -0.25) is 9.78 Å². The Bertz CT molecular complexity index is 943. The summed E-state index contributed by atoms with van der Waals surface area (Å²) in [5, 5.41) is 9.44. The standard InChI is InChI=1S/C23H24N4O2/c28-20-11-8-17(9-12-20)7-10-19-5-2-4-14-27(19)23(29)18-15-25-22(26-16-18)21-6-1-3-13-24-21/h1,3,6,8-9,11-13,15-16,19,28H,2,4-5,7,10,14H2. The van der Waals surface area contributed by atoms with Crippen LogP contribution in [-0.2, 0) is 6.42 Å². The summed E-state index contributed by atoms with van der Waals surface area (Å²) in [6.07, 6.45) is 9.86. The highest BCUT2D eigenvalue weighted by molar-refractivity contribution is 5.94. The van der Waals surface area contributed by atoms with Crippen molar-refractivity contribution in [3.8, 4) is 17.3 Å². The number of pyridine rings is 1. The number of likely N-dealkylation sites (tertiary alicyclic amines) is 1. The first-order chi connectivity index (χ1) is 14.2. The van der Waals surface area contributed by atoms with E-state index in [2.05, 4.69) is 15.0 Å². The molecule has 0 radical (unpaired) electrons. The highest BCUT2D eigenvalue weighted by atomic mass is 16.3. The van der Waals surface area contributed by atoms with Crippen molar-refractivity contribution in [3.05, 3.63) is 72.2 Å². The molecule has 4 rings (SSSR count). The first kappa shape index (κ1) is 19.1. The molecule has 1 atom stereocenters. The first-order valence-electron chi connectivity index (χ1n) is 10.0.